The van der Waals surface area contributed by atoms with E-state index in [2.05, 4.69) is 0 Å². The highest BCUT2D eigenvalue weighted by Crippen LogP contribution is 2.27. The fourth-order valence-electron chi connectivity index (χ4n) is 1.71. The Morgan fingerprint density at radius 3 is 2.13 bits per heavy atom. The molecule has 3 N–H and O–H groups in total. The Morgan fingerprint density at radius 2 is 1.61 bits per heavy atom. The summed E-state index contributed by atoms with van der Waals surface area (Å²) in [5.41, 5.74) is 4.94. The van der Waals surface area contributed by atoms with E-state index in [0.29, 0.717) is 10.6 Å². The summed E-state index contributed by atoms with van der Waals surface area (Å²) in [5, 5.41) is 1.12. The lowest BCUT2D eigenvalue weighted by Gasteiger charge is -2.13. The van der Waals surface area contributed by atoms with Crippen molar-refractivity contribution < 1.29 is 22.4 Å². The van der Waals surface area contributed by atoms with Crippen LogP contribution in [0.4, 0.5) is 28.9 Å². The number of nitrogens with two attached hydrogens (primary N) is 1. The Bertz CT molecular complexity index is 711. The second kappa shape index (κ2) is 6.91. The number of benzene rings is 2. The number of carbonyl (C=O) groups excluding carboxylic acids is 1. The Hall–Kier alpha value is -2.22. The molecule has 122 valence electrons. The molecular weight excluding hydrogens is 332 g/mol. The minimum Gasteiger partial charge on any atom is -0.399 e. The SMILES string of the molecule is CC(Sc1ccc(N)cc1)C(=O)Nc1c(F)c(F)cc(F)c1F. The molecule has 2 rings (SSSR count). The van der Waals surface area contributed by atoms with E-state index in [4.69, 9.17) is 5.73 Å². The fourth-order valence-corrected chi connectivity index (χ4v) is 2.58. The van der Waals surface area contributed by atoms with Crippen molar-refractivity contribution in [3.63, 3.8) is 0 Å². The summed E-state index contributed by atoms with van der Waals surface area (Å²) < 4.78 is 53.3. The first-order valence-electron chi connectivity index (χ1n) is 6.45. The number of carbonyl (C=O) groups is 1. The average Bonchev–Trinajstić information content (AvgIpc) is 2.51. The average molecular weight is 344 g/mol. The fraction of sp³-hybridized carbons (Fsp3) is 0.133. The highest BCUT2D eigenvalue weighted by Gasteiger charge is 2.23. The molecule has 0 aliphatic rings. The van der Waals surface area contributed by atoms with E-state index >= 15 is 0 Å². The summed E-state index contributed by atoms with van der Waals surface area (Å²) in [6.45, 7) is 1.49. The smallest absolute Gasteiger partial charge is 0.237 e. The van der Waals surface area contributed by atoms with Crippen molar-refractivity contribution in [2.75, 3.05) is 11.1 Å². The molecule has 0 aliphatic heterocycles. The molecule has 2 aromatic carbocycles. The quantitative estimate of drug-likeness (QED) is 0.382. The number of anilines is 2. The van der Waals surface area contributed by atoms with Gasteiger partial charge in [0, 0.05) is 16.6 Å². The third-order valence-electron chi connectivity index (χ3n) is 2.92. The lowest BCUT2D eigenvalue weighted by molar-refractivity contribution is -0.115. The predicted octanol–water partition coefficient (Wildman–Crippen LogP) is 3.94. The zero-order valence-corrected chi connectivity index (χ0v) is 12.7. The normalized spacial score (nSPS) is 12.0. The summed E-state index contributed by atoms with van der Waals surface area (Å²) in [5.74, 6) is -7.27. The molecule has 0 aliphatic carbocycles. The van der Waals surface area contributed by atoms with Gasteiger partial charge in [0.15, 0.2) is 23.3 Å². The van der Waals surface area contributed by atoms with Gasteiger partial charge in [-0.05, 0) is 31.2 Å². The maximum atomic E-state index is 13.5. The highest BCUT2D eigenvalue weighted by molar-refractivity contribution is 8.00. The third kappa shape index (κ3) is 3.95. The number of hydrogen-bond acceptors (Lipinski definition) is 3. The summed E-state index contributed by atoms with van der Waals surface area (Å²) >= 11 is 1.10. The van der Waals surface area contributed by atoms with Crippen molar-refractivity contribution in [3.05, 3.63) is 53.6 Å². The molecule has 0 aromatic heterocycles. The summed E-state index contributed by atoms with van der Waals surface area (Å²) in [7, 11) is 0. The van der Waals surface area contributed by atoms with Gasteiger partial charge in [0.1, 0.15) is 5.69 Å². The van der Waals surface area contributed by atoms with Crippen LogP contribution in [0.1, 0.15) is 6.92 Å². The van der Waals surface area contributed by atoms with E-state index in [1.54, 1.807) is 24.3 Å². The molecule has 0 fully saturated rings. The zero-order chi connectivity index (χ0) is 17.1. The molecule has 1 unspecified atom stereocenters. The van der Waals surface area contributed by atoms with Crippen LogP contribution < -0.4 is 11.1 Å². The monoisotopic (exact) mass is 344 g/mol. The molecule has 3 nitrogen and oxygen atoms in total. The first-order valence-corrected chi connectivity index (χ1v) is 7.33. The topological polar surface area (TPSA) is 55.1 Å². The number of halogens is 4. The van der Waals surface area contributed by atoms with Gasteiger partial charge in [-0.3, -0.25) is 4.79 Å². The maximum Gasteiger partial charge on any atom is 0.237 e. The van der Waals surface area contributed by atoms with Crippen LogP contribution >= 0.6 is 11.8 Å². The predicted molar refractivity (Wildman–Crippen MR) is 81.1 cm³/mol. The minimum atomic E-state index is -1.65. The molecule has 8 heteroatoms. The molecule has 2 aromatic rings. The van der Waals surface area contributed by atoms with Gasteiger partial charge in [-0.1, -0.05) is 0 Å². The van der Waals surface area contributed by atoms with E-state index in [1.165, 1.54) is 6.92 Å². The van der Waals surface area contributed by atoms with Crippen LogP contribution in [-0.2, 0) is 4.79 Å². The molecule has 0 spiro atoms. The Balaban J connectivity index is 2.14. The molecule has 0 saturated carbocycles. The minimum absolute atomic E-state index is 0.0763. The Morgan fingerprint density at radius 1 is 1.09 bits per heavy atom. The van der Waals surface area contributed by atoms with E-state index in [-0.39, 0.29) is 6.07 Å². The lowest BCUT2D eigenvalue weighted by Crippen LogP contribution is -2.24. The van der Waals surface area contributed by atoms with Crippen molar-refractivity contribution in [1.82, 2.24) is 0 Å². The molecule has 1 amide bonds. The lowest BCUT2D eigenvalue weighted by atomic mass is 10.2. The Labute approximate surface area is 133 Å². The van der Waals surface area contributed by atoms with Gasteiger partial charge in [0.05, 0.1) is 5.25 Å². The molecule has 23 heavy (non-hydrogen) atoms. The second-order valence-electron chi connectivity index (χ2n) is 4.66. The third-order valence-corrected chi connectivity index (χ3v) is 4.03. The molecule has 1 atom stereocenters. The molecule has 0 saturated heterocycles. The maximum absolute atomic E-state index is 13.5. The molecule has 0 heterocycles. The summed E-state index contributed by atoms with van der Waals surface area (Å²) in [6.07, 6.45) is 0. The van der Waals surface area contributed by atoms with E-state index in [0.717, 1.165) is 11.8 Å². The van der Waals surface area contributed by atoms with E-state index < -0.39 is 40.1 Å². The summed E-state index contributed by atoms with van der Waals surface area (Å²) in [6, 6.07) is 6.69. The molecule has 0 bridgehead atoms. The number of hydrogen-bond donors (Lipinski definition) is 2. The number of nitrogen functional groups attached to an aromatic ring is 1. The van der Waals surface area contributed by atoms with Crippen molar-refractivity contribution in [2.24, 2.45) is 0 Å². The zero-order valence-electron chi connectivity index (χ0n) is 11.9. The molecular formula is C15H12F4N2OS. The van der Waals surface area contributed by atoms with Crippen molar-refractivity contribution in [1.29, 1.82) is 0 Å². The van der Waals surface area contributed by atoms with Gasteiger partial charge in [0.2, 0.25) is 5.91 Å². The summed E-state index contributed by atoms with van der Waals surface area (Å²) in [4.78, 5) is 12.7. The Kier molecular flexibility index (Phi) is 5.15. The van der Waals surface area contributed by atoms with Crippen molar-refractivity contribution >= 4 is 29.0 Å². The number of amides is 1. The first kappa shape index (κ1) is 17.1. The standard InChI is InChI=1S/C15H12F4N2OS/c1-7(23-9-4-2-8(20)3-5-9)15(22)21-14-12(18)10(16)6-11(17)13(14)19/h2-7H,20H2,1H3,(H,21,22). The van der Waals surface area contributed by atoms with Crippen molar-refractivity contribution in [2.45, 2.75) is 17.1 Å². The van der Waals surface area contributed by atoms with Crippen molar-refractivity contribution in [3.8, 4) is 0 Å². The highest BCUT2D eigenvalue weighted by atomic mass is 32.2. The largest absolute Gasteiger partial charge is 0.399 e. The number of nitrogens with one attached hydrogen (secondary N) is 1. The van der Waals surface area contributed by atoms with Crippen LogP contribution in [0.5, 0.6) is 0 Å². The van der Waals surface area contributed by atoms with E-state index in [9.17, 15) is 22.4 Å². The second-order valence-corrected chi connectivity index (χ2v) is 6.08. The van der Waals surface area contributed by atoms with Crippen LogP contribution in [0.2, 0.25) is 0 Å². The van der Waals surface area contributed by atoms with Crippen LogP contribution in [-0.4, -0.2) is 11.2 Å². The van der Waals surface area contributed by atoms with Gasteiger partial charge in [-0.25, -0.2) is 17.6 Å². The van der Waals surface area contributed by atoms with Gasteiger partial charge < -0.3 is 11.1 Å². The van der Waals surface area contributed by atoms with Crippen LogP contribution in [0.25, 0.3) is 0 Å². The number of rotatable bonds is 4. The molecule has 0 radical (unpaired) electrons. The number of thioether (sulfide) groups is 1. The van der Waals surface area contributed by atoms with Crippen LogP contribution in [0.15, 0.2) is 35.2 Å². The van der Waals surface area contributed by atoms with Crippen LogP contribution in [0.3, 0.4) is 0 Å². The van der Waals surface area contributed by atoms with Gasteiger partial charge >= 0.3 is 0 Å². The van der Waals surface area contributed by atoms with Crippen LogP contribution in [0, 0.1) is 23.3 Å². The van der Waals surface area contributed by atoms with Gasteiger partial charge in [0.25, 0.3) is 0 Å². The van der Waals surface area contributed by atoms with E-state index in [1.807, 2.05) is 5.32 Å². The van der Waals surface area contributed by atoms with Gasteiger partial charge in [-0.15, -0.1) is 11.8 Å². The van der Waals surface area contributed by atoms with Gasteiger partial charge in [-0.2, -0.15) is 0 Å². The first-order chi connectivity index (χ1) is 10.8.